The minimum absolute atomic E-state index is 0. The molecule has 0 saturated carbocycles. The van der Waals surface area contributed by atoms with Crippen LogP contribution in [-0.2, 0) is 11.3 Å². The molecule has 0 spiro atoms. The highest BCUT2D eigenvalue weighted by Gasteiger charge is 2.25. The first-order chi connectivity index (χ1) is 11.5. The maximum Gasteiger partial charge on any atom is 0.193 e. The number of nitrogens with one attached hydrogen (secondary N) is 1. The van der Waals surface area contributed by atoms with Crippen molar-refractivity contribution >= 4 is 29.9 Å². The van der Waals surface area contributed by atoms with Gasteiger partial charge in [0, 0.05) is 32.6 Å². The minimum atomic E-state index is 0. The fraction of sp³-hybridized carbons (Fsp3) is 0.650. The smallest absolute Gasteiger partial charge is 0.193 e. The van der Waals surface area contributed by atoms with Crippen LogP contribution in [0.15, 0.2) is 35.3 Å². The fourth-order valence-corrected chi connectivity index (χ4v) is 2.96. The lowest BCUT2D eigenvalue weighted by Gasteiger charge is -2.24. The maximum atomic E-state index is 5.90. The van der Waals surface area contributed by atoms with Gasteiger partial charge in [-0.05, 0) is 23.8 Å². The van der Waals surface area contributed by atoms with E-state index in [0.29, 0.717) is 17.9 Å². The second kappa shape index (κ2) is 11.0. The van der Waals surface area contributed by atoms with E-state index in [4.69, 9.17) is 4.74 Å². The zero-order valence-electron chi connectivity index (χ0n) is 16.1. The van der Waals surface area contributed by atoms with Crippen LogP contribution in [0.2, 0.25) is 0 Å². The number of nitrogens with zero attached hydrogens (tertiary/aromatic N) is 2. The lowest BCUT2D eigenvalue weighted by Crippen LogP contribution is -2.41. The molecular weight excluding hydrogens is 425 g/mol. The average Bonchev–Trinajstić information content (AvgIpc) is 3.00. The van der Waals surface area contributed by atoms with E-state index >= 15 is 0 Å². The van der Waals surface area contributed by atoms with Crippen molar-refractivity contribution in [3.63, 3.8) is 0 Å². The molecule has 142 valence electrons. The highest BCUT2D eigenvalue weighted by atomic mass is 127. The summed E-state index contributed by atoms with van der Waals surface area (Å²) in [6, 6.07) is 10.4. The van der Waals surface area contributed by atoms with Gasteiger partial charge >= 0.3 is 0 Å². The summed E-state index contributed by atoms with van der Waals surface area (Å²) in [6.45, 7) is 11.4. The van der Waals surface area contributed by atoms with Crippen molar-refractivity contribution in [3.05, 3.63) is 35.9 Å². The number of aliphatic imine (C=N–C) groups is 1. The van der Waals surface area contributed by atoms with Crippen LogP contribution in [0.3, 0.4) is 0 Å². The largest absolute Gasteiger partial charge is 0.376 e. The molecule has 1 saturated heterocycles. The summed E-state index contributed by atoms with van der Waals surface area (Å²) in [5, 5.41) is 3.51. The molecule has 1 aliphatic heterocycles. The molecule has 0 aliphatic carbocycles. The van der Waals surface area contributed by atoms with Crippen LogP contribution in [0.5, 0.6) is 0 Å². The number of likely N-dealkylation sites (tertiary alicyclic amines) is 1. The third kappa shape index (κ3) is 8.40. The topological polar surface area (TPSA) is 36.9 Å². The molecule has 1 heterocycles. The summed E-state index contributed by atoms with van der Waals surface area (Å²) in [6.07, 6.45) is 2.32. The summed E-state index contributed by atoms with van der Waals surface area (Å²) in [4.78, 5) is 6.80. The van der Waals surface area contributed by atoms with Crippen molar-refractivity contribution in [2.75, 3.05) is 33.3 Å². The zero-order valence-corrected chi connectivity index (χ0v) is 18.5. The van der Waals surface area contributed by atoms with Gasteiger partial charge in [-0.15, -0.1) is 24.0 Å². The zero-order chi connectivity index (χ0) is 17.4. The molecule has 25 heavy (non-hydrogen) atoms. The van der Waals surface area contributed by atoms with Gasteiger partial charge in [0.15, 0.2) is 5.96 Å². The molecule has 0 aromatic heterocycles. The Morgan fingerprint density at radius 2 is 2.00 bits per heavy atom. The molecule has 0 amide bonds. The molecule has 2 rings (SSSR count). The van der Waals surface area contributed by atoms with Gasteiger partial charge in [-0.3, -0.25) is 4.99 Å². The van der Waals surface area contributed by atoms with Crippen LogP contribution < -0.4 is 5.32 Å². The van der Waals surface area contributed by atoms with E-state index < -0.39 is 0 Å². The van der Waals surface area contributed by atoms with Crippen LogP contribution in [-0.4, -0.2) is 44.1 Å². The van der Waals surface area contributed by atoms with Crippen molar-refractivity contribution in [2.45, 2.75) is 40.2 Å². The average molecular weight is 459 g/mol. The molecule has 1 N–H and O–H groups in total. The molecule has 1 unspecified atom stereocenters. The number of guanidine groups is 1. The van der Waals surface area contributed by atoms with Gasteiger partial charge in [0.25, 0.3) is 0 Å². The van der Waals surface area contributed by atoms with Crippen LogP contribution >= 0.6 is 24.0 Å². The number of hydrogen-bond donors (Lipinski definition) is 1. The van der Waals surface area contributed by atoms with Gasteiger partial charge in [0.2, 0.25) is 0 Å². The predicted octanol–water partition coefficient (Wildman–Crippen LogP) is 4.15. The second-order valence-corrected chi connectivity index (χ2v) is 7.89. The van der Waals surface area contributed by atoms with Crippen molar-refractivity contribution in [1.82, 2.24) is 10.2 Å². The Bertz CT molecular complexity index is 513. The van der Waals surface area contributed by atoms with E-state index in [-0.39, 0.29) is 24.0 Å². The van der Waals surface area contributed by atoms with Gasteiger partial charge in [-0.1, -0.05) is 51.1 Å². The summed E-state index contributed by atoms with van der Waals surface area (Å²) in [5.74, 6) is 1.62. The predicted molar refractivity (Wildman–Crippen MR) is 117 cm³/mol. The molecular formula is C20H34IN3O. The highest BCUT2D eigenvalue weighted by molar-refractivity contribution is 14.0. The molecule has 1 atom stereocenters. The Morgan fingerprint density at radius 3 is 2.64 bits per heavy atom. The van der Waals surface area contributed by atoms with Crippen molar-refractivity contribution in [1.29, 1.82) is 0 Å². The van der Waals surface area contributed by atoms with Gasteiger partial charge < -0.3 is 15.0 Å². The third-order valence-electron chi connectivity index (χ3n) is 4.42. The molecule has 0 radical (unpaired) electrons. The normalized spacial score (nSPS) is 18.2. The van der Waals surface area contributed by atoms with Gasteiger partial charge in [0.1, 0.15) is 0 Å². The summed E-state index contributed by atoms with van der Waals surface area (Å²) < 4.78 is 5.90. The number of benzene rings is 1. The molecule has 1 aromatic carbocycles. The molecule has 4 nitrogen and oxygen atoms in total. The minimum Gasteiger partial charge on any atom is -0.376 e. The van der Waals surface area contributed by atoms with Crippen molar-refractivity contribution in [2.24, 2.45) is 16.3 Å². The van der Waals surface area contributed by atoms with Crippen LogP contribution in [0.25, 0.3) is 0 Å². The Labute approximate surface area is 170 Å². The number of rotatable bonds is 6. The number of halogens is 1. The molecule has 1 aromatic rings. The Morgan fingerprint density at radius 1 is 1.28 bits per heavy atom. The van der Waals surface area contributed by atoms with E-state index in [1.54, 1.807) is 0 Å². The summed E-state index contributed by atoms with van der Waals surface area (Å²) in [5.41, 5.74) is 1.59. The van der Waals surface area contributed by atoms with Crippen LogP contribution in [0.1, 0.15) is 39.2 Å². The van der Waals surface area contributed by atoms with Gasteiger partial charge in [0.05, 0.1) is 13.2 Å². The first kappa shape index (κ1) is 22.2. The Balaban J connectivity index is 0.00000312. The molecule has 1 aliphatic rings. The summed E-state index contributed by atoms with van der Waals surface area (Å²) in [7, 11) is 1.87. The quantitative estimate of drug-likeness (QED) is 0.395. The van der Waals surface area contributed by atoms with E-state index in [1.165, 1.54) is 12.0 Å². The fourth-order valence-electron chi connectivity index (χ4n) is 2.96. The monoisotopic (exact) mass is 459 g/mol. The lowest BCUT2D eigenvalue weighted by atomic mass is 9.92. The Hall–Kier alpha value is -0.820. The second-order valence-electron chi connectivity index (χ2n) is 7.89. The number of hydrogen-bond acceptors (Lipinski definition) is 2. The van der Waals surface area contributed by atoms with Gasteiger partial charge in [-0.25, -0.2) is 0 Å². The van der Waals surface area contributed by atoms with E-state index in [2.05, 4.69) is 60.2 Å². The highest BCUT2D eigenvalue weighted by Crippen LogP contribution is 2.19. The van der Waals surface area contributed by atoms with Crippen LogP contribution in [0, 0.1) is 11.3 Å². The van der Waals surface area contributed by atoms with E-state index in [1.807, 2.05) is 13.1 Å². The number of ether oxygens (including phenoxy) is 1. The SMILES string of the molecule is CN=C(NCCC(C)(C)C)N1CCC(COCc2ccccc2)C1.I. The molecule has 5 heteroatoms. The van der Waals surface area contributed by atoms with Crippen molar-refractivity contribution < 1.29 is 4.74 Å². The molecule has 1 fully saturated rings. The lowest BCUT2D eigenvalue weighted by molar-refractivity contribution is 0.0906. The maximum absolute atomic E-state index is 5.90. The van der Waals surface area contributed by atoms with Gasteiger partial charge in [-0.2, -0.15) is 0 Å². The van der Waals surface area contributed by atoms with E-state index in [9.17, 15) is 0 Å². The first-order valence-corrected chi connectivity index (χ1v) is 9.05. The Kier molecular flexibility index (Phi) is 9.79. The standard InChI is InChI=1S/C20H33N3O.HI/c1-20(2,3)11-12-22-19(21-4)23-13-10-18(14-23)16-24-15-17-8-6-5-7-9-17;/h5-9,18H,10-16H2,1-4H3,(H,21,22);1H. The first-order valence-electron chi connectivity index (χ1n) is 9.05. The summed E-state index contributed by atoms with van der Waals surface area (Å²) >= 11 is 0. The molecule has 0 bridgehead atoms. The van der Waals surface area contributed by atoms with E-state index in [0.717, 1.165) is 38.6 Å². The third-order valence-corrected chi connectivity index (χ3v) is 4.42. The van der Waals surface area contributed by atoms with Crippen LogP contribution in [0.4, 0.5) is 0 Å². The van der Waals surface area contributed by atoms with Crippen molar-refractivity contribution in [3.8, 4) is 0 Å².